The zero-order valence-corrected chi connectivity index (χ0v) is 13.0. The van der Waals surface area contributed by atoms with Crippen LogP contribution in [0, 0.1) is 0 Å². The molecule has 1 aromatic rings. The Balaban J connectivity index is 0. The Morgan fingerprint density at radius 2 is 2.12 bits per heavy atom. The third kappa shape index (κ3) is 12.0. The zero-order chi connectivity index (χ0) is 12.2. The van der Waals surface area contributed by atoms with Crippen molar-refractivity contribution >= 4 is 64.1 Å². The SMILES string of the molecule is ClOCl.O=C(NCCCl)Nc1cccnc1.[SeH2]. The fraction of sp³-hybridized carbons (Fsp3) is 0.250. The zero-order valence-electron chi connectivity index (χ0n) is 8.62. The maximum atomic E-state index is 11.1. The number of nitrogens with one attached hydrogen (secondary N) is 2. The van der Waals surface area contributed by atoms with Gasteiger partial charge in [0.15, 0.2) is 0 Å². The molecule has 0 aromatic carbocycles. The minimum atomic E-state index is -0.270. The molecule has 1 heterocycles. The van der Waals surface area contributed by atoms with Crippen molar-refractivity contribution in [3.8, 4) is 0 Å². The predicted octanol–water partition coefficient (Wildman–Crippen LogP) is 1.84. The van der Waals surface area contributed by atoms with Crippen LogP contribution in [0.5, 0.6) is 0 Å². The number of alkyl halides is 1. The number of halogens is 3. The average Bonchev–Trinajstić information content (AvgIpc) is 2.29. The number of rotatable bonds is 3. The van der Waals surface area contributed by atoms with Gasteiger partial charge in [-0.15, -0.1) is 11.6 Å². The van der Waals surface area contributed by atoms with Crippen LogP contribution in [-0.4, -0.2) is 40.5 Å². The van der Waals surface area contributed by atoms with Crippen LogP contribution in [0.1, 0.15) is 0 Å². The fourth-order valence-electron chi connectivity index (χ4n) is 0.773. The van der Waals surface area contributed by atoms with E-state index < -0.39 is 0 Å². The second-order valence-electron chi connectivity index (χ2n) is 2.37. The summed E-state index contributed by atoms with van der Waals surface area (Å²) in [6.07, 6.45) is 3.21. The number of nitrogens with zero attached hydrogens (tertiary/aromatic N) is 1. The van der Waals surface area contributed by atoms with Crippen LogP contribution in [0.3, 0.4) is 0 Å². The summed E-state index contributed by atoms with van der Waals surface area (Å²) in [5, 5.41) is 5.18. The number of amides is 2. The molecule has 17 heavy (non-hydrogen) atoms. The van der Waals surface area contributed by atoms with Gasteiger partial charge in [-0.05, 0) is 12.1 Å². The van der Waals surface area contributed by atoms with E-state index in [2.05, 4.69) is 43.2 Å². The van der Waals surface area contributed by atoms with Gasteiger partial charge in [-0.3, -0.25) is 4.98 Å². The molecule has 0 bridgehead atoms. The molecular weight excluding hydrogens is 355 g/mol. The Hall–Kier alpha value is -0.231. The van der Waals surface area contributed by atoms with Gasteiger partial charge in [0.05, 0.1) is 35.6 Å². The van der Waals surface area contributed by atoms with E-state index in [-0.39, 0.29) is 23.1 Å². The molecule has 0 spiro atoms. The summed E-state index contributed by atoms with van der Waals surface area (Å²) in [6, 6.07) is 3.23. The molecule has 0 aliphatic carbocycles. The number of anilines is 1. The fourth-order valence-corrected chi connectivity index (χ4v) is 0.867. The molecule has 0 fully saturated rings. The first kappa shape index (κ1) is 19.1. The number of aromatic nitrogens is 1. The summed E-state index contributed by atoms with van der Waals surface area (Å²) in [6.45, 7) is 0.452. The Kier molecular flexibility index (Phi) is 15.6. The Labute approximate surface area is 125 Å². The van der Waals surface area contributed by atoms with Crippen LogP contribution in [-0.2, 0) is 3.84 Å². The summed E-state index contributed by atoms with van der Waals surface area (Å²) in [7, 11) is 0. The van der Waals surface area contributed by atoms with E-state index in [0.717, 1.165) is 0 Å². The molecule has 2 N–H and O–H groups in total. The van der Waals surface area contributed by atoms with Gasteiger partial charge in [-0.2, -0.15) is 3.84 Å². The molecule has 5 nitrogen and oxygen atoms in total. The van der Waals surface area contributed by atoms with Crippen molar-refractivity contribution in [2.24, 2.45) is 0 Å². The van der Waals surface area contributed by atoms with Crippen molar-refractivity contribution in [3.63, 3.8) is 0 Å². The van der Waals surface area contributed by atoms with E-state index in [1.807, 2.05) is 0 Å². The Morgan fingerprint density at radius 1 is 1.47 bits per heavy atom. The van der Waals surface area contributed by atoms with E-state index in [1.165, 1.54) is 0 Å². The van der Waals surface area contributed by atoms with E-state index in [9.17, 15) is 4.79 Å². The summed E-state index contributed by atoms with van der Waals surface area (Å²) >= 11 is 13.9. The first-order valence-electron chi connectivity index (χ1n) is 4.14. The van der Waals surface area contributed by atoms with Crippen LogP contribution in [0.2, 0.25) is 0 Å². The predicted molar refractivity (Wildman–Crippen MR) is 73.3 cm³/mol. The van der Waals surface area contributed by atoms with Gasteiger partial charge in [-0.25, -0.2) is 4.79 Å². The molecule has 0 saturated heterocycles. The first-order chi connectivity index (χ1) is 7.74. The van der Waals surface area contributed by atoms with Crippen LogP contribution in [0.4, 0.5) is 10.5 Å². The Morgan fingerprint density at radius 3 is 2.59 bits per heavy atom. The summed E-state index contributed by atoms with van der Waals surface area (Å²) in [4.78, 5) is 14.9. The summed E-state index contributed by atoms with van der Waals surface area (Å²) in [5.41, 5.74) is 0.662. The summed E-state index contributed by atoms with van der Waals surface area (Å²) in [5.74, 6) is 0.403. The van der Waals surface area contributed by atoms with Crippen molar-refractivity contribution in [2.75, 3.05) is 17.7 Å². The normalized spacial score (nSPS) is 8.18. The van der Waals surface area contributed by atoms with Crippen molar-refractivity contribution in [3.05, 3.63) is 24.5 Å². The van der Waals surface area contributed by atoms with Crippen LogP contribution < -0.4 is 10.6 Å². The molecule has 2 amide bonds. The van der Waals surface area contributed by atoms with Gasteiger partial charge in [-0.1, -0.05) is 0 Å². The van der Waals surface area contributed by atoms with Gasteiger partial charge in [0.2, 0.25) is 0 Å². The van der Waals surface area contributed by atoms with Crippen LogP contribution >= 0.6 is 35.3 Å². The van der Waals surface area contributed by atoms with Gasteiger partial charge in [0.1, 0.15) is 0 Å². The monoisotopic (exact) mass is 367 g/mol. The third-order valence-corrected chi connectivity index (χ3v) is 1.49. The molecule has 1 rings (SSSR count). The molecule has 9 heteroatoms. The molecule has 98 valence electrons. The van der Waals surface area contributed by atoms with E-state index in [0.29, 0.717) is 18.1 Å². The van der Waals surface area contributed by atoms with Crippen LogP contribution in [0.15, 0.2) is 24.5 Å². The quantitative estimate of drug-likeness (QED) is 0.633. The number of carbonyl (C=O) groups is 1. The standard InChI is InChI=1S/C8H10ClN3O.Cl2O.H2Se/c9-3-5-11-8(13)12-7-2-1-4-10-6-7;1-3-2;/h1-2,4,6H,3,5H2,(H2,11,12,13);;1H2. The van der Waals surface area contributed by atoms with Crippen molar-refractivity contribution in [1.82, 2.24) is 10.3 Å². The number of pyridine rings is 1. The average molecular weight is 368 g/mol. The van der Waals surface area contributed by atoms with E-state index in [1.54, 1.807) is 24.5 Å². The van der Waals surface area contributed by atoms with Crippen molar-refractivity contribution < 1.29 is 8.64 Å². The van der Waals surface area contributed by atoms with Gasteiger partial charge < -0.3 is 10.6 Å². The topological polar surface area (TPSA) is 63.2 Å². The molecule has 0 unspecified atom stereocenters. The number of hydrogen-bond acceptors (Lipinski definition) is 3. The van der Waals surface area contributed by atoms with E-state index >= 15 is 0 Å². The third-order valence-electron chi connectivity index (χ3n) is 1.30. The molecule has 0 saturated carbocycles. The number of carbonyl (C=O) groups excluding carboxylic acids is 1. The molecule has 0 radical (unpaired) electrons. The first-order valence-corrected chi connectivity index (χ1v) is 5.30. The van der Waals surface area contributed by atoms with Gasteiger partial charge >= 0.3 is 23.1 Å². The molecule has 0 aliphatic rings. The van der Waals surface area contributed by atoms with Crippen molar-refractivity contribution in [2.45, 2.75) is 0 Å². The van der Waals surface area contributed by atoms with Gasteiger partial charge in [0.25, 0.3) is 0 Å². The molecular formula is C8H12Cl3N3O2Se. The van der Waals surface area contributed by atoms with Crippen LogP contribution in [0.25, 0.3) is 0 Å². The van der Waals surface area contributed by atoms with E-state index in [4.69, 9.17) is 11.6 Å². The maximum absolute atomic E-state index is 11.1. The Bertz CT molecular complexity index is 293. The number of urea groups is 1. The molecule has 0 aliphatic heterocycles. The minimum absolute atomic E-state index is 0. The number of hydrogen-bond donors (Lipinski definition) is 2. The molecule has 0 atom stereocenters. The van der Waals surface area contributed by atoms with Crippen molar-refractivity contribution in [1.29, 1.82) is 0 Å². The molecule has 1 aromatic heterocycles. The second kappa shape index (κ2) is 13.8. The van der Waals surface area contributed by atoms with Gasteiger partial charge in [0, 0.05) is 18.6 Å². The summed E-state index contributed by atoms with van der Waals surface area (Å²) < 4.78 is 3.19. The second-order valence-corrected chi connectivity index (χ2v) is 3.21.